The number of hydrogen-bond donors (Lipinski definition) is 2. The van der Waals surface area contributed by atoms with Crippen molar-refractivity contribution in [2.24, 2.45) is 5.73 Å². The Bertz CT molecular complexity index is 585. The number of primary amides is 1. The van der Waals surface area contributed by atoms with E-state index in [-0.39, 0.29) is 11.3 Å². The maximum Gasteiger partial charge on any atom is 0.250 e. The van der Waals surface area contributed by atoms with Crippen molar-refractivity contribution >= 4 is 17.4 Å². The molecule has 4 N–H and O–H groups in total. The highest BCUT2D eigenvalue weighted by atomic mass is 16.1. The van der Waals surface area contributed by atoms with Gasteiger partial charge in [-0.1, -0.05) is 0 Å². The molecule has 0 bridgehead atoms. The highest BCUT2D eigenvalue weighted by Gasteiger charge is 2.10. The van der Waals surface area contributed by atoms with Crippen LogP contribution in [0, 0.1) is 0 Å². The number of anilines is 2. The van der Waals surface area contributed by atoms with Crippen LogP contribution in [0.3, 0.4) is 0 Å². The minimum Gasteiger partial charge on any atom is -0.397 e. The summed E-state index contributed by atoms with van der Waals surface area (Å²) in [6, 6.07) is 5.43. The summed E-state index contributed by atoms with van der Waals surface area (Å²) in [7, 11) is 1.88. The minimum atomic E-state index is -0.557. The van der Waals surface area contributed by atoms with E-state index in [0.717, 1.165) is 5.56 Å². The van der Waals surface area contributed by atoms with Gasteiger partial charge in [0.1, 0.15) is 5.82 Å². The number of aromatic nitrogens is 2. The number of amides is 1. The first-order valence-corrected chi connectivity index (χ1v) is 5.73. The largest absolute Gasteiger partial charge is 0.397 e. The van der Waals surface area contributed by atoms with Crippen molar-refractivity contribution < 1.29 is 4.79 Å². The van der Waals surface area contributed by atoms with Gasteiger partial charge in [0, 0.05) is 26.0 Å². The van der Waals surface area contributed by atoms with Gasteiger partial charge in [0.25, 0.3) is 5.91 Å². The number of nitrogens with zero attached hydrogens (tertiary/aromatic N) is 3. The molecule has 2 aromatic heterocycles. The summed E-state index contributed by atoms with van der Waals surface area (Å²) in [6.07, 6.45) is 4.90. The number of hydrogen-bond acceptors (Lipinski definition) is 5. The lowest BCUT2D eigenvalue weighted by atomic mass is 10.2. The van der Waals surface area contributed by atoms with Gasteiger partial charge >= 0.3 is 0 Å². The van der Waals surface area contributed by atoms with Crippen molar-refractivity contribution in [2.45, 2.75) is 6.54 Å². The van der Waals surface area contributed by atoms with Crippen molar-refractivity contribution in [3.63, 3.8) is 0 Å². The number of rotatable bonds is 4. The maximum absolute atomic E-state index is 11.2. The predicted molar refractivity (Wildman–Crippen MR) is 73.5 cm³/mol. The van der Waals surface area contributed by atoms with Crippen molar-refractivity contribution in [3.8, 4) is 0 Å². The first-order valence-electron chi connectivity index (χ1n) is 5.73. The van der Waals surface area contributed by atoms with E-state index in [4.69, 9.17) is 11.5 Å². The van der Waals surface area contributed by atoms with Gasteiger partial charge in [-0.05, 0) is 23.8 Å². The van der Waals surface area contributed by atoms with Crippen LogP contribution in [0.15, 0.2) is 36.8 Å². The van der Waals surface area contributed by atoms with E-state index in [1.54, 1.807) is 18.5 Å². The number of pyridine rings is 2. The maximum atomic E-state index is 11.2. The molecule has 0 atom stereocenters. The molecule has 0 spiro atoms. The van der Waals surface area contributed by atoms with Gasteiger partial charge in [-0.25, -0.2) is 4.98 Å². The summed E-state index contributed by atoms with van der Waals surface area (Å²) in [5.41, 5.74) is 12.6. The molecule has 1 amide bonds. The van der Waals surface area contributed by atoms with Crippen LogP contribution in [0.5, 0.6) is 0 Å². The fourth-order valence-corrected chi connectivity index (χ4v) is 1.72. The van der Waals surface area contributed by atoms with E-state index in [1.165, 1.54) is 6.20 Å². The minimum absolute atomic E-state index is 0.284. The van der Waals surface area contributed by atoms with Crippen molar-refractivity contribution in [3.05, 3.63) is 47.9 Å². The predicted octanol–water partition coefficient (Wildman–Crippen LogP) is 0.794. The number of carbonyl (C=O) groups is 1. The SMILES string of the molecule is CN(Cc1ccncc1)c1cc(C(N)=O)c(N)cn1. The highest BCUT2D eigenvalue weighted by molar-refractivity contribution is 5.98. The Morgan fingerprint density at radius 1 is 1.37 bits per heavy atom. The van der Waals surface area contributed by atoms with Gasteiger partial charge in [-0.2, -0.15) is 0 Å². The lowest BCUT2D eigenvalue weighted by molar-refractivity contribution is 0.100. The summed E-state index contributed by atoms with van der Waals surface area (Å²) in [5, 5.41) is 0. The van der Waals surface area contributed by atoms with Crippen LogP contribution in [-0.2, 0) is 6.54 Å². The first-order chi connectivity index (χ1) is 9.08. The third-order valence-corrected chi connectivity index (χ3v) is 2.75. The molecule has 0 saturated heterocycles. The standard InChI is InChI=1S/C13H15N5O/c1-18(8-9-2-4-16-5-3-9)12-6-10(13(15)19)11(14)7-17-12/h2-7H,8,14H2,1H3,(H2,15,19). The van der Waals surface area contributed by atoms with E-state index >= 15 is 0 Å². The second kappa shape index (κ2) is 5.34. The molecule has 0 aliphatic rings. The molecule has 2 heterocycles. The molecule has 2 rings (SSSR count). The summed E-state index contributed by atoms with van der Waals surface area (Å²) in [6.45, 7) is 0.650. The number of nitrogens with two attached hydrogens (primary N) is 2. The highest BCUT2D eigenvalue weighted by Crippen LogP contribution is 2.18. The molecule has 6 nitrogen and oxygen atoms in total. The Morgan fingerprint density at radius 2 is 2.05 bits per heavy atom. The lowest BCUT2D eigenvalue weighted by Crippen LogP contribution is -2.20. The van der Waals surface area contributed by atoms with Gasteiger partial charge in [0.15, 0.2) is 0 Å². The second-order valence-corrected chi connectivity index (χ2v) is 4.21. The number of carbonyl (C=O) groups excluding carboxylic acids is 1. The molecule has 0 unspecified atom stereocenters. The van der Waals surface area contributed by atoms with Gasteiger partial charge in [0.2, 0.25) is 0 Å². The smallest absolute Gasteiger partial charge is 0.250 e. The molecule has 98 valence electrons. The van der Waals surface area contributed by atoms with Gasteiger partial charge in [-0.15, -0.1) is 0 Å². The molecular weight excluding hydrogens is 242 g/mol. The van der Waals surface area contributed by atoms with Crippen LogP contribution in [0.2, 0.25) is 0 Å². The second-order valence-electron chi connectivity index (χ2n) is 4.21. The molecule has 0 aromatic carbocycles. The Kier molecular flexibility index (Phi) is 3.61. The van der Waals surface area contributed by atoms with Crippen LogP contribution in [0.1, 0.15) is 15.9 Å². The van der Waals surface area contributed by atoms with E-state index in [1.807, 2.05) is 24.1 Å². The van der Waals surface area contributed by atoms with E-state index in [2.05, 4.69) is 9.97 Å². The molecule has 0 fully saturated rings. The van der Waals surface area contributed by atoms with Gasteiger partial charge in [-0.3, -0.25) is 9.78 Å². The molecule has 0 aliphatic carbocycles. The molecular formula is C13H15N5O. The zero-order chi connectivity index (χ0) is 13.8. The molecule has 0 radical (unpaired) electrons. The normalized spacial score (nSPS) is 10.2. The van der Waals surface area contributed by atoms with Crippen molar-refractivity contribution in [1.82, 2.24) is 9.97 Å². The van der Waals surface area contributed by atoms with Crippen molar-refractivity contribution in [2.75, 3.05) is 17.7 Å². The van der Waals surface area contributed by atoms with Crippen LogP contribution in [0.25, 0.3) is 0 Å². The van der Waals surface area contributed by atoms with Crippen LogP contribution in [-0.4, -0.2) is 22.9 Å². The average Bonchev–Trinajstić information content (AvgIpc) is 2.40. The monoisotopic (exact) mass is 257 g/mol. The molecule has 19 heavy (non-hydrogen) atoms. The van der Waals surface area contributed by atoms with Crippen LogP contribution < -0.4 is 16.4 Å². The molecule has 0 saturated carbocycles. The summed E-state index contributed by atoms with van der Waals surface area (Å²) in [5.74, 6) is 0.0817. The Balaban J connectivity index is 2.22. The third-order valence-electron chi connectivity index (χ3n) is 2.75. The summed E-state index contributed by atoms with van der Waals surface area (Å²) in [4.78, 5) is 21.3. The van der Waals surface area contributed by atoms with Crippen LogP contribution >= 0.6 is 0 Å². The molecule has 0 aliphatic heterocycles. The first kappa shape index (κ1) is 12.8. The van der Waals surface area contributed by atoms with Gasteiger partial charge < -0.3 is 16.4 Å². The number of nitrogen functional groups attached to an aromatic ring is 1. The Hall–Kier alpha value is -2.63. The fraction of sp³-hybridized carbons (Fsp3) is 0.154. The lowest BCUT2D eigenvalue weighted by Gasteiger charge is -2.19. The summed E-state index contributed by atoms with van der Waals surface area (Å²) >= 11 is 0. The van der Waals surface area contributed by atoms with Crippen molar-refractivity contribution in [1.29, 1.82) is 0 Å². The zero-order valence-electron chi connectivity index (χ0n) is 10.6. The summed E-state index contributed by atoms with van der Waals surface area (Å²) < 4.78 is 0. The van der Waals surface area contributed by atoms with E-state index in [9.17, 15) is 4.79 Å². The topological polar surface area (TPSA) is 98.1 Å². The Labute approximate surface area is 111 Å². The van der Waals surface area contributed by atoms with Gasteiger partial charge in [0.05, 0.1) is 17.4 Å². The quantitative estimate of drug-likeness (QED) is 0.844. The Morgan fingerprint density at radius 3 is 2.68 bits per heavy atom. The third kappa shape index (κ3) is 2.98. The van der Waals surface area contributed by atoms with Crippen LogP contribution in [0.4, 0.5) is 11.5 Å². The zero-order valence-corrected chi connectivity index (χ0v) is 10.6. The molecule has 6 heteroatoms. The van der Waals surface area contributed by atoms with E-state index < -0.39 is 5.91 Å². The molecule has 2 aromatic rings. The average molecular weight is 257 g/mol. The van der Waals surface area contributed by atoms with E-state index in [0.29, 0.717) is 12.4 Å². The fourth-order valence-electron chi connectivity index (χ4n) is 1.72.